The lowest BCUT2D eigenvalue weighted by Gasteiger charge is -2.45. The molecule has 0 unspecified atom stereocenters. The maximum atomic E-state index is 12.3. The van der Waals surface area contributed by atoms with Gasteiger partial charge in [0.25, 0.3) is 0 Å². The maximum absolute atomic E-state index is 12.3. The number of nitrogens with one attached hydrogen (secondary N) is 1. The summed E-state index contributed by atoms with van der Waals surface area (Å²) >= 11 is 0. The number of benzene rings is 2. The molecule has 0 saturated carbocycles. The van der Waals surface area contributed by atoms with E-state index in [0.717, 1.165) is 25.8 Å². The number of ether oxygens (including phenoxy) is 1. The van der Waals surface area contributed by atoms with Crippen LogP contribution in [-0.4, -0.2) is 25.2 Å². The van der Waals surface area contributed by atoms with Gasteiger partial charge in [-0.15, -0.1) is 0 Å². The van der Waals surface area contributed by atoms with E-state index in [1.54, 1.807) is 0 Å². The fraction of sp³-hybridized carbons (Fsp3) is 0.409. The van der Waals surface area contributed by atoms with Crippen LogP contribution < -0.4 is 5.32 Å². The van der Waals surface area contributed by atoms with Gasteiger partial charge in [0.05, 0.1) is 0 Å². The SMILES string of the molecule is O=C(NC[C@@H]1CC2c3ccccc3C1c1ccccc12)[C@@H]1CCCO1. The van der Waals surface area contributed by atoms with Gasteiger partial charge in [0.15, 0.2) is 0 Å². The minimum absolute atomic E-state index is 0.0699. The average Bonchev–Trinajstić information content (AvgIpc) is 3.21. The van der Waals surface area contributed by atoms with Crippen LogP contribution in [0.4, 0.5) is 0 Å². The van der Waals surface area contributed by atoms with Crippen LogP contribution in [0.5, 0.6) is 0 Å². The van der Waals surface area contributed by atoms with Crippen molar-refractivity contribution in [2.24, 2.45) is 5.92 Å². The fourth-order valence-electron chi connectivity index (χ4n) is 5.09. The van der Waals surface area contributed by atoms with Gasteiger partial charge in [-0.05, 0) is 47.4 Å². The maximum Gasteiger partial charge on any atom is 0.249 e. The molecule has 3 nitrogen and oxygen atoms in total. The molecular weight excluding hydrogens is 310 g/mol. The molecule has 2 aromatic carbocycles. The van der Waals surface area contributed by atoms with Crippen molar-refractivity contribution in [3.63, 3.8) is 0 Å². The summed E-state index contributed by atoms with van der Waals surface area (Å²) in [6, 6.07) is 17.7. The van der Waals surface area contributed by atoms with Crippen LogP contribution in [0.2, 0.25) is 0 Å². The largest absolute Gasteiger partial charge is 0.368 e. The molecule has 1 fully saturated rings. The van der Waals surface area contributed by atoms with E-state index in [1.165, 1.54) is 22.3 Å². The Labute approximate surface area is 148 Å². The molecule has 0 aromatic heterocycles. The van der Waals surface area contributed by atoms with E-state index in [2.05, 4.69) is 53.8 Å². The highest BCUT2D eigenvalue weighted by Gasteiger charge is 2.43. The molecule has 1 N–H and O–H groups in total. The van der Waals surface area contributed by atoms with Crippen LogP contribution in [0.3, 0.4) is 0 Å². The zero-order chi connectivity index (χ0) is 16.8. The molecule has 1 aliphatic heterocycles. The first kappa shape index (κ1) is 15.2. The second kappa shape index (κ2) is 5.99. The minimum Gasteiger partial charge on any atom is -0.368 e. The number of rotatable bonds is 3. The molecule has 1 amide bonds. The van der Waals surface area contributed by atoms with Crippen molar-refractivity contribution in [2.75, 3.05) is 13.2 Å². The molecule has 25 heavy (non-hydrogen) atoms. The summed E-state index contributed by atoms with van der Waals surface area (Å²) in [6.07, 6.45) is 2.73. The van der Waals surface area contributed by atoms with Crippen LogP contribution in [0.15, 0.2) is 48.5 Å². The van der Waals surface area contributed by atoms with E-state index < -0.39 is 0 Å². The molecule has 2 bridgehead atoms. The summed E-state index contributed by atoms with van der Waals surface area (Å²) in [5.41, 5.74) is 5.86. The lowest BCUT2D eigenvalue weighted by Crippen LogP contribution is -2.42. The summed E-state index contributed by atoms with van der Waals surface area (Å²) < 4.78 is 5.52. The summed E-state index contributed by atoms with van der Waals surface area (Å²) in [6.45, 7) is 1.45. The smallest absolute Gasteiger partial charge is 0.249 e. The van der Waals surface area contributed by atoms with Gasteiger partial charge < -0.3 is 10.1 Å². The van der Waals surface area contributed by atoms with E-state index in [-0.39, 0.29) is 12.0 Å². The zero-order valence-corrected chi connectivity index (χ0v) is 14.3. The molecule has 0 spiro atoms. The van der Waals surface area contributed by atoms with Crippen molar-refractivity contribution in [2.45, 2.75) is 37.2 Å². The fourth-order valence-corrected chi connectivity index (χ4v) is 5.09. The minimum atomic E-state index is -0.236. The Balaban J connectivity index is 1.43. The highest BCUT2D eigenvalue weighted by molar-refractivity contribution is 5.81. The summed E-state index contributed by atoms with van der Waals surface area (Å²) in [5, 5.41) is 3.18. The van der Waals surface area contributed by atoms with Gasteiger partial charge in [0.1, 0.15) is 6.10 Å². The first-order chi connectivity index (χ1) is 12.3. The van der Waals surface area contributed by atoms with Gasteiger partial charge >= 0.3 is 0 Å². The van der Waals surface area contributed by atoms with Gasteiger partial charge in [-0.3, -0.25) is 4.79 Å². The lowest BCUT2D eigenvalue weighted by atomic mass is 9.59. The molecule has 2 aromatic rings. The summed E-state index contributed by atoms with van der Waals surface area (Å²) in [5.74, 6) is 1.38. The average molecular weight is 333 g/mol. The second-order valence-corrected chi connectivity index (χ2v) is 7.53. The highest BCUT2D eigenvalue weighted by Crippen LogP contribution is 2.55. The molecule has 1 saturated heterocycles. The van der Waals surface area contributed by atoms with Crippen molar-refractivity contribution in [1.29, 1.82) is 0 Å². The van der Waals surface area contributed by atoms with Crippen LogP contribution in [0, 0.1) is 5.92 Å². The van der Waals surface area contributed by atoms with Crippen LogP contribution in [-0.2, 0) is 9.53 Å². The predicted octanol–water partition coefficient (Wildman–Crippen LogP) is 3.58. The third kappa shape index (κ3) is 2.41. The van der Waals surface area contributed by atoms with Crippen molar-refractivity contribution in [1.82, 2.24) is 5.32 Å². The van der Waals surface area contributed by atoms with E-state index in [9.17, 15) is 4.79 Å². The molecule has 0 radical (unpaired) electrons. The second-order valence-electron chi connectivity index (χ2n) is 7.53. The van der Waals surface area contributed by atoms with Crippen molar-refractivity contribution in [3.05, 3.63) is 70.8 Å². The molecular formula is C22H23NO2. The standard InChI is InChI=1S/C22H23NO2/c24-22(20-10-5-11-25-20)23-13-14-12-19-15-6-1-3-8-17(15)21(14)18-9-4-2-7-16(18)19/h1-4,6-9,14,19-21H,5,10-13H2,(H,23,24)/t14-,19?,20-,21?/m0/s1. The van der Waals surface area contributed by atoms with E-state index in [4.69, 9.17) is 4.74 Å². The van der Waals surface area contributed by atoms with Crippen molar-refractivity contribution in [3.8, 4) is 0 Å². The molecule has 6 rings (SSSR count). The Morgan fingerprint density at radius 3 is 2.24 bits per heavy atom. The molecule has 4 aliphatic rings. The van der Waals surface area contributed by atoms with Gasteiger partial charge in [-0.25, -0.2) is 0 Å². The topological polar surface area (TPSA) is 38.3 Å². The normalized spacial score (nSPS) is 29.1. The van der Waals surface area contributed by atoms with Gasteiger partial charge in [-0.1, -0.05) is 48.5 Å². The first-order valence-corrected chi connectivity index (χ1v) is 9.40. The van der Waals surface area contributed by atoms with Crippen molar-refractivity contribution < 1.29 is 9.53 Å². The molecule has 2 atom stereocenters. The number of carbonyl (C=O) groups excluding carboxylic acids is 1. The quantitative estimate of drug-likeness (QED) is 0.932. The van der Waals surface area contributed by atoms with Gasteiger partial charge in [-0.2, -0.15) is 0 Å². The third-order valence-corrected chi connectivity index (χ3v) is 6.18. The van der Waals surface area contributed by atoms with Crippen LogP contribution in [0.25, 0.3) is 0 Å². The Morgan fingerprint density at radius 2 is 1.64 bits per heavy atom. The number of fused-ring (bicyclic) bond motifs is 1. The number of hydrogen-bond donors (Lipinski definition) is 1. The van der Waals surface area contributed by atoms with E-state index >= 15 is 0 Å². The number of hydrogen-bond acceptors (Lipinski definition) is 2. The Kier molecular flexibility index (Phi) is 3.63. The first-order valence-electron chi connectivity index (χ1n) is 9.40. The monoisotopic (exact) mass is 333 g/mol. The Morgan fingerprint density at radius 1 is 1.00 bits per heavy atom. The number of amides is 1. The highest BCUT2D eigenvalue weighted by atomic mass is 16.5. The van der Waals surface area contributed by atoms with E-state index in [0.29, 0.717) is 24.4 Å². The van der Waals surface area contributed by atoms with Crippen LogP contribution in [0.1, 0.15) is 53.4 Å². The summed E-state index contributed by atoms with van der Waals surface area (Å²) in [7, 11) is 0. The molecule has 3 heteroatoms. The zero-order valence-electron chi connectivity index (χ0n) is 14.3. The van der Waals surface area contributed by atoms with Gasteiger partial charge in [0, 0.05) is 25.0 Å². The summed E-state index contributed by atoms with van der Waals surface area (Å²) in [4.78, 5) is 12.3. The predicted molar refractivity (Wildman–Crippen MR) is 96.7 cm³/mol. The molecule has 3 aliphatic carbocycles. The van der Waals surface area contributed by atoms with Crippen LogP contribution >= 0.6 is 0 Å². The van der Waals surface area contributed by atoms with Gasteiger partial charge in [0.2, 0.25) is 5.91 Å². The third-order valence-electron chi connectivity index (χ3n) is 6.18. The Hall–Kier alpha value is -2.13. The lowest BCUT2D eigenvalue weighted by molar-refractivity contribution is -0.130. The molecule has 128 valence electrons. The van der Waals surface area contributed by atoms with E-state index in [1.807, 2.05) is 0 Å². The number of carbonyl (C=O) groups is 1. The van der Waals surface area contributed by atoms with Crippen molar-refractivity contribution >= 4 is 5.91 Å². The Bertz CT molecular complexity index is 762. The molecule has 1 heterocycles.